The van der Waals surface area contributed by atoms with Crippen LogP contribution in [0.4, 0.5) is 0 Å². The van der Waals surface area contributed by atoms with E-state index in [-0.39, 0.29) is 17.5 Å². The SMILES string of the molecule is Cc1[nH]nc(CN)c1S(=O)(=O)N1CCSCC1C. The van der Waals surface area contributed by atoms with Crippen LogP contribution in [0.3, 0.4) is 0 Å². The minimum atomic E-state index is -3.50. The second-order valence-electron chi connectivity index (χ2n) is 4.37. The Balaban J connectivity index is 2.44. The fraction of sp³-hybridized carbons (Fsp3) is 0.700. The highest BCUT2D eigenvalue weighted by molar-refractivity contribution is 7.99. The number of nitrogens with one attached hydrogen (secondary N) is 1. The Bertz CT molecular complexity index is 526. The van der Waals surface area contributed by atoms with Crippen molar-refractivity contribution in [3.63, 3.8) is 0 Å². The molecule has 1 aromatic rings. The first-order valence-electron chi connectivity index (χ1n) is 5.82. The Morgan fingerprint density at radius 1 is 1.61 bits per heavy atom. The number of nitrogens with zero attached hydrogens (tertiary/aromatic N) is 2. The van der Waals surface area contributed by atoms with Crippen molar-refractivity contribution in [1.82, 2.24) is 14.5 Å². The van der Waals surface area contributed by atoms with Gasteiger partial charge in [-0.15, -0.1) is 0 Å². The van der Waals surface area contributed by atoms with Crippen molar-refractivity contribution in [3.05, 3.63) is 11.4 Å². The van der Waals surface area contributed by atoms with E-state index in [9.17, 15) is 8.42 Å². The summed E-state index contributed by atoms with van der Waals surface area (Å²) in [5.74, 6) is 1.66. The van der Waals surface area contributed by atoms with Crippen LogP contribution in [0.2, 0.25) is 0 Å². The normalized spacial score (nSPS) is 22.3. The summed E-state index contributed by atoms with van der Waals surface area (Å²) in [4.78, 5) is 0.253. The molecule has 8 heteroatoms. The lowest BCUT2D eigenvalue weighted by Crippen LogP contribution is -2.44. The highest BCUT2D eigenvalue weighted by Gasteiger charge is 2.34. The van der Waals surface area contributed by atoms with E-state index in [0.717, 1.165) is 11.5 Å². The van der Waals surface area contributed by atoms with Gasteiger partial charge in [0, 0.05) is 30.6 Å². The van der Waals surface area contributed by atoms with Crippen molar-refractivity contribution in [2.45, 2.75) is 31.3 Å². The molecule has 18 heavy (non-hydrogen) atoms. The van der Waals surface area contributed by atoms with Crippen molar-refractivity contribution in [3.8, 4) is 0 Å². The topological polar surface area (TPSA) is 92.1 Å². The Labute approximate surface area is 111 Å². The fourth-order valence-corrected chi connectivity index (χ4v) is 5.33. The highest BCUT2D eigenvalue weighted by atomic mass is 32.2. The molecule has 3 N–H and O–H groups in total. The van der Waals surface area contributed by atoms with Gasteiger partial charge in [-0.25, -0.2) is 8.42 Å². The highest BCUT2D eigenvalue weighted by Crippen LogP contribution is 2.27. The molecule has 0 radical (unpaired) electrons. The molecule has 102 valence electrons. The van der Waals surface area contributed by atoms with E-state index in [1.807, 2.05) is 6.92 Å². The summed E-state index contributed by atoms with van der Waals surface area (Å²) < 4.78 is 26.9. The largest absolute Gasteiger partial charge is 0.325 e. The molecule has 1 fully saturated rings. The van der Waals surface area contributed by atoms with Gasteiger partial charge in [0.05, 0.1) is 11.4 Å². The molecule has 1 unspecified atom stereocenters. The number of nitrogens with two attached hydrogens (primary N) is 1. The maximum absolute atomic E-state index is 12.7. The van der Waals surface area contributed by atoms with Gasteiger partial charge >= 0.3 is 0 Å². The molecule has 1 saturated heterocycles. The Hall–Kier alpha value is -0.570. The lowest BCUT2D eigenvalue weighted by Gasteiger charge is -2.32. The molecule has 2 rings (SSSR count). The van der Waals surface area contributed by atoms with Gasteiger partial charge in [0.15, 0.2) is 0 Å². The van der Waals surface area contributed by atoms with E-state index >= 15 is 0 Å². The molecule has 2 heterocycles. The molecule has 1 atom stereocenters. The number of sulfonamides is 1. The smallest absolute Gasteiger partial charge is 0.247 e. The Morgan fingerprint density at radius 3 is 2.94 bits per heavy atom. The third kappa shape index (κ3) is 2.29. The average Bonchev–Trinajstić information content (AvgIpc) is 2.71. The van der Waals surface area contributed by atoms with Crippen molar-refractivity contribution in [2.75, 3.05) is 18.1 Å². The van der Waals surface area contributed by atoms with Crippen LogP contribution >= 0.6 is 11.8 Å². The van der Waals surface area contributed by atoms with Crippen molar-refractivity contribution in [2.24, 2.45) is 5.73 Å². The summed E-state index contributed by atoms with van der Waals surface area (Å²) in [6.07, 6.45) is 0. The van der Waals surface area contributed by atoms with Gasteiger partial charge in [0.2, 0.25) is 10.0 Å². The molecule has 0 aliphatic carbocycles. The summed E-state index contributed by atoms with van der Waals surface area (Å²) in [7, 11) is -3.50. The zero-order valence-corrected chi connectivity index (χ0v) is 12.1. The fourth-order valence-electron chi connectivity index (χ4n) is 2.14. The second kappa shape index (κ2) is 5.20. The number of aromatic nitrogens is 2. The van der Waals surface area contributed by atoms with Crippen molar-refractivity contribution in [1.29, 1.82) is 0 Å². The summed E-state index contributed by atoms with van der Waals surface area (Å²) in [5.41, 5.74) is 6.53. The second-order valence-corrected chi connectivity index (χ2v) is 7.35. The monoisotopic (exact) mass is 290 g/mol. The van der Waals surface area contributed by atoms with E-state index in [1.165, 1.54) is 0 Å². The third-order valence-electron chi connectivity index (χ3n) is 3.03. The van der Waals surface area contributed by atoms with E-state index < -0.39 is 10.0 Å². The molecule has 6 nitrogen and oxygen atoms in total. The molecule has 0 bridgehead atoms. The van der Waals surface area contributed by atoms with Crippen LogP contribution in [0.5, 0.6) is 0 Å². The van der Waals surface area contributed by atoms with Crippen molar-refractivity contribution < 1.29 is 8.42 Å². The van der Waals surface area contributed by atoms with E-state index in [4.69, 9.17) is 5.73 Å². The van der Waals surface area contributed by atoms with Crippen LogP contribution < -0.4 is 5.73 Å². The Morgan fingerprint density at radius 2 is 2.33 bits per heavy atom. The minimum Gasteiger partial charge on any atom is -0.325 e. The number of hydrogen-bond donors (Lipinski definition) is 2. The molecule has 0 spiro atoms. The van der Waals surface area contributed by atoms with Crippen LogP contribution in [0.1, 0.15) is 18.3 Å². The van der Waals surface area contributed by atoms with Gasteiger partial charge in [-0.2, -0.15) is 21.2 Å². The maximum Gasteiger partial charge on any atom is 0.247 e. The number of H-pyrrole nitrogens is 1. The van der Waals surface area contributed by atoms with Crippen LogP contribution in [-0.4, -0.2) is 47.0 Å². The van der Waals surface area contributed by atoms with E-state index in [2.05, 4.69) is 10.2 Å². The van der Waals surface area contributed by atoms with Crippen LogP contribution in [0.15, 0.2) is 4.90 Å². The average molecular weight is 290 g/mol. The quantitative estimate of drug-likeness (QED) is 0.835. The van der Waals surface area contributed by atoms with Crippen LogP contribution in [-0.2, 0) is 16.6 Å². The van der Waals surface area contributed by atoms with Gasteiger partial charge < -0.3 is 5.73 Å². The molecular formula is C10H18N4O2S2. The number of aromatic amines is 1. The van der Waals surface area contributed by atoms with Gasteiger partial charge in [0.1, 0.15) is 4.90 Å². The van der Waals surface area contributed by atoms with Crippen LogP contribution in [0.25, 0.3) is 0 Å². The summed E-state index contributed by atoms with van der Waals surface area (Å²) in [6.45, 7) is 4.31. The number of aryl methyl sites for hydroxylation is 1. The molecule has 0 saturated carbocycles. The predicted molar refractivity (Wildman–Crippen MR) is 71.9 cm³/mol. The van der Waals surface area contributed by atoms with E-state index in [0.29, 0.717) is 17.9 Å². The molecule has 1 aliphatic rings. The van der Waals surface area contributed by atoms with Crippen LogP contribution in [0, 0.1) is 6.92 Å². The zero-order valence-electron chi connectivity index (χ0n) is 10.5. The zero-order chi connectivity index (χ0) is 13.3. The molecule has 0 amide bonds. The molecule has 1 aliphatic heterocycles. The predicted octanol–water partition coefficient (Wildman–Crippen LogP) is 0.303. The van der Waals surface area contributed by atoms with E-state index in [1.54, 1.807) is 23.0 Å². The number of rotatable bonds is 3. The first-order chi connectivity index (χ1) is 8.48. The number of thioether (sulfide) groups is 1. The van der Waals surface area contributed by atoms with Gasteiger partial charge in [-0.3, -0.25) is 5.10 Å². The summed E-state index contributed by atoms with van der Waals surface area (Å²) >= 11 is 1.78. The maximum atomic E-state index is 12.7. The minimum absolute atomic E-state index is 0.00803. The lowest BCUT2D eigenvalue weighted by molar-refractivity contribution is 0.367. The molecular weight excluding hydrogens is 272 g/mol. The first-order valence-corrected chi connectivity index (χ1v) is 8.41. The number of hydrogen-bond acceptors (Lipinski definition) is 5. The van der Waals surface area contributed by atoms with Gasteiger partial charge in [0.25, 0.3) is 0 Å². The van der Waals surface area contributed by atoms with Gasteiger partial charge in [-0.05, 0) is 13.8 Å². The lowest BCUT2D eigenvalue weighted by atomic mass is 10.4. The van der Waals surface area contributed by atoms with Crippen molar-refractivity contribution >= 4 is 21.8 Å². The molecule has 1 aromatic heterocycles. The summed E-state index contributed by atoms with van der Waals surface area (Å²) in [6, 6.07) is 0.00803. The van der Waals surface area contributed by atoms with Gasteiger partial charge in [-0.1, -0.05) is 0 Å². The molecule has 0 aromatic carbocycles. The Kier molecular flexibility index (Phi) is 4.00. The first kappa shape index (κ1) is 13.9. The summed E-state index contributed by atoms with van der Waals surface area (Å²) in [5, 5.41) is 6.67. The third-order valence-corrected chi connectivity index (χ3v) is 6.43. The standard InChI is InChI=1S/C10H18N4O2S2/c1-7-6-17-4-3-14(7)18(15,16)10-8(2)12-13-9(10)5-11/h7H,3-6,11H2,1-2H3,(H,12,13).